The number of hydrogen-bond donors (Lipinski definition) is 0. The van der Waals surface area contributed by atoms with Gasteiger partial charge in [-0.15, -0.1) is 0 Å². The van der Waals surface area contributed by atoms with Gasteiger partial charge in [-0.1, -0.05) is 13.0 Å². The standard InChI is InChI=1S/C8H11BrO/c1-6-2-4-7(9)8(10)5-3-6/h4,6H,2-3,5H2,1H3. The van der Waals surface area contributed by atoms with E-state index in [1.165, 1.54) is 0 Å². The first-order valence-corrected chi connectivity index (χ1v) is 4.38. The maximum absolute atomic E-state index is 11.0. The van der Waals surface area contributed by atoms with Gasteiger partial charge in [0.15, 0.2) is 5.78 Å². The van der Waals surface area contributed by atoms with Gasteiger partial charge in [0.2, 0.25) is 0 Å². The summed E-state index contributed by atoms with van der Waals surface area (Å²) in [7, 11) is 0. The van der Waals surface area contributed by atoms with Crippen LogP contribution < -0.4 is 0 Å². The fourth-order valence-corrected chi connectivity index (χ4v) is 1.42. The van der Waals surface area contributed by atoms with E-state index >= 15 is 0 Å². The van der Waals surface area contributed by atoms with Crippen LogP contribution in [0.3, 0.4) is 0 Å². The van der Waals surface area contributed by atoms with Crippen molar-refractivity contribution < 1.29 is 4.79 Å². The minimum Gasteiger partial charge on any atom is -0.294 e. The summed E-state index contributed by atoms with van der Waals surface area (Å²) in [5.41, 5.74) is 0. The smallest absolute Gasteiger partial charge is 0.169 e. The lowest BCUT2D eigenvalue weighted by atomic mass is 10.0. The molecule has 0 saturated carbocycles. The van der Waals surface area contributed by atoms with Crippen LogP contribution in [0.25, 0.3) is 0 Å². The van der Waals surface area contributed by atoms with Crippen LogP contribution in [-0.2, 0) is 4.79 Å². The first-order chi connectivity index (χ1) is 4.70. The van der Waals surface area contributed by atoms with E-state index in [1.807, 2.05) is 6.08 Å². The highest BCUT2D eigenvalue weighted by atomic mass is 79.9. The normalized spacial score (nSPS) is 27.6. The summed E-state index contributed by atoms with van der Waals surface area (Å²) in [5.74, 6) is 0.920. The molecule has 0 aliphatic heterocycles. The number of Topliss-reactive ketones (excluding diaryl/α,β-unsaturated/α-hetero) is 1. The molecule has 2 heteroatoms. The van der Waals surface area contributed by atoms with Crippen molar-refractivity contribution in [3.63, 3.8) is 0 Å². The van der Waals surface area contributed by atoms with Gasteiger partial charge in [-0.25, -0.2) is 0 Å². The van der Waals surface area contributed by atoms with Gasteiger partial charge in [0, 0.05) is 6.42 Å². The molecule has 0 radical (unpaired) electrons. The summed E-state index contributed by atoms with van der Waals surface area (Å²) in [6.45, 7) is 2.18. The molecule has 1 aliphatic carbocycles. The van der Waals surface area contributed by atoms with Gasteiger partial charge in [-0.3, -0.25) is 4.79 Å². The molecule has 0 aromatic carbocycles. The Balaban J connectivity index is 2.64. The number of carbonyl (C=O) groups excluding carboxylic acids is 1. The Bertz CT molecular complexity index is 172. The first-order valence-electron chi connectivity index (χ1n) is 3.59. The maximum Gasteiger partial charge on any atom is 0.169 e. The van der Waals surface area contributed by atoms with Crippen LogP contribution >= 0.6 is 15.9 Å². The molecule has 0 saturated heterocycles. The van der Waals surface area contributed by atoms with Gasteiger partial charge in [-0.05, 0) is 34.7 Å². The minimum absolute atomic E-state index is 0.254. The predicted octanol–water partition coefficient (Wildman–Crippen LogP) is 2.65. The molecule has 1 aliphatic rings. The molecule has 0 spiro atoms. The van der Waals surface area contributed by atoms with Gasteiger partial charge in [-0.2, -0.15) is 0 Å². The van der Waals surface area contributed by atoms with Gasteiger partial charge in [0.25, 0.3) is 0 Å². The predicted molar refractivity (Wildman–Crippen MR) is 45.0 cm³/mol. The number of rotatable bonds is 0. The van der Waals surface area contributed by atoms with E-state index in [1.54, 1.807) is 0 Å². The lowest BCUT2D eigenvalue weighted by Crippen LogP contribution is -1.96. The molecule has 10 heavy (non-hydrogen) atoms. The van der Waals surface area contributed by atoms with Crippen LogP contribution in [0.4, 0.5) is 0 Å². The van der Waals surface area contributed by atoms with Crippen molar-refractivity contribution in [2.24, 2.45) is 5.92 Å². The molecule has 1 atom stereocenters. The Morgan fingerprint density at radius 3 is 3.10 bits per heavy atom. The molecule has 1 rings (SSSR count). The summed E-state index contributed by atoms with van der Waals surface area (Å²) in [4.78, 5) is 11.0. The quantitative estimate of drug-likeness (QED) is 0.591. The van der Waals surface area contributed by atoms with Gasteiger partial charge >= 0.3 is 0 Å². The van der Waals surface area contributed by atoms with Crippen molar-refractivity contribution in [1.82, 2.24) is 0 Å². The fourth-order valence-electron chi connectivity index (χ4n) is 1.03. The Kier molecular flexibility index (Phi) is 2.66. The molecule has 1 unspecified atom stereocenters. The summed E-state index contributed by atoms with van der Waals surface area (Å²) in [6, 6.07) is 0. The van der Waals surface area contributed by atoms with E-state index in [4.69, 9.17) is 0 Å². The molecule has 0 aromatic rings. The van der Waals surface area contributed by atoms with Gasteiger partial charge < -0.3 is 0 Å². The number of ketones is 1. The highest BCUT2D eigenvalue weighted by molar-refractivity contribution is 9.12. The fraction of sp³-hybridized carbons (Fsp3) is 0.625. The monoisotopic (exact) mass is 202 g/mol. The van der Waals surface area contributed by atoms with Crippen LogP contribution in [0.1, 0.15) is 26.2 Å². The number of hydrogen-bond acceptors (Lipinski definition) is 1. The van der Waals surface area contributed by atoms with Crippen LogP contribution in [0.15, 0.2) is 10.6 Å². The average molecular weight is 203 g/mol. The van der Waals surface area contributed by atoms with Crippen molar-refractivity contribution >= 4 is 21.7 Å². The van der Waals surface area contributed by atoms with E-state index in [2.05, 4.69) is 22.9 Å². The zero-order chi connectivity index (χ0) is 7.56. The Hall–Kier alpha value is -0.110. The molecule has 0 amide bonds. The molecule has 0 heterocycles. The van der Waals surface area contributed by atoms with Gasteiger partial charge in [0.1, 0.15) is 0 Å². The second kappa shape index (κ2) is 3.33. The Morgan fingerprint density at radius 1 is 1.70 bits per heavy atom. The Morgan fingerprint density at radius 2 is 2.40 bits per heavy atom. The molecule has 0 bridgehead atoms. The average Bonchev–Trinajstić information content (AvgIpc) is 2.04. The summed E-state index contributed by atoms with van der Waals surface area (Å²) in [6.07, 6.45) is 4.76. The van der Waals surface area contributed by atoms with Crippen molar-refractivity contribution in [2.45, 2.75) is 26.2 Å². The van der Waals surface area contributed by atoms with Crippen LogP contribution in [0.5, 0.6) is 0 Å². The van der Waals surface area contributed by atoms with E-state index in [-0.39, 0.29) is 5.78 Å². The first kappa shape index (κ1) is 7.99. The summed E-state index contributed by atoms with van der Waals surface area (Å²) >= 11 is 3.24. The van der Waals surface area contributed by atoms with Crippen LogP contribution in [0, 0.1) is 5.92 Å². The van der Waals surface area contributed by atoms with E-state index in [0.29, 0.717) is 12.3 Å². The van der Waals surface area contributed by atoms with E-state index < -0.39 is 0 Å². The number of allylic oxidation sites excluding steroid dienone is 2. The molecule has 0 N–H and O–H groups in total. The van der Waals surface area contributed by atoms with Gasteiger partial charge in [0.05, 0.1) is 4.48 Å². The maximum atomic E-state index is 11.0. The third kappa shape index (κ3) is 1.94. The number of carbonyl (C=O) groups is 1. The van der Waals surface area contributed by atoms with Crippen molar-refractivity contribution in [1.29, 1.82) is 0 Å². The SMILES string of the molecule is CC1CC=C(Br)C(=O)CC1. The second-order valence-corrected chi connectivity index (χ2v) is 3.71. The molecule has 0 fully saturated rings. The largest absolute Gasteiger partial charge is 0.294 e. The van der Waals surface area contributed by atoms with Crippen LogP contribution in [-0.4, -0.2) is 5.78 Å². The molecular weight excluding hydrogens is 192 g/mol. The lowest BCUT2D eigenvalue weighted by molar-refractivity contribution is -0.114. The number of halogens is 1. The highest BCUT2D eigenvalue weighted by Crippen LogP contribution is 2.22. The zero-order valence-electron chi connectivity index (χ0n) is 6.06. The van der Waals surface area contributed by atoms with Crippen molar-refractivity contribution in [3.05, 3.63) is 10.6 Å². The third-order valence-electron chi connectivity index (χ3n) is 1.83. The summed E-state index contributed by atoms with van der Waals surface area (Å²) < 4.78 is 0.775. The molecular formula is C8H11BrO. The summed E-state index contributed by atoms with van der Waals surface area (Å²) in [5, 5.41) is 0. The van der Waals surface area contributed by atoms with Crippen molar-refractivity contribution in [2.75, 3.05) is 0 Å². The molecule has 1 nitrogen and oxygen atoms in total. The van der Waals surface area contributed by atoms with E-state index in [0.717, 1.165) is 17.3 Å². The minimum atomic E-state index is 0.254. The topological polar surface area (TPSA) is 17.1 Å². The molecule has 0 aromatic heterocycles. The van der Waals surface area contributed by atoms with Crippen molar-refractivity contribution in [3.8, 4) is 0 Å². The molecule has 56 valence electrons. The lowest BCUT2D eigenvalue weighted by Gasteiger charge is -2.01. The zero-order valence-corrected chi connectivity index (χ0v) is 7.65. The van der Waals surface area contributed by atoms with Crippen LogP contribution in [0.2, 0.25) is 0 Å². The Labute approximate surface area is 69.6 Å². The third-order valence-corrected chi connectivity index (χ3v) is 2.60. The second-order valence-electron chi connectivity index (χ2n) is 2.85. The van der Waals surface area contributed by atoms with E-state index in [9.17, 15) is 4.79 Å². The highest BCUT2D eigenvalue weighted by Gasteiger charge is 2.12.